The van der Waals surface area contributed by atoms with Crippen LogP contribution in [-0.2, 0) is 0 Å². The molecule has 0 radical (unpaired) electrons. The van der Waals surface area contributed by atoms with Crippen molar-refractivity contribution in [2.24, 2.45) is 0 Å². The van der Waals surface area contributed by atoms with Gasteiger partial charge in [-0.1, -0.05) is 0 Å². The number of hydrogen-bond acceptors (Lipinski definition) is 2. The Morgan fingerprint density at radius 2 is 2.27 bits per heavy atom. The topological polar surface area (TPSA) is 32.3 Å². The van der Waals surface area contributed by atoms with Gasteiger partial charge in [0.05, 0.1) is 5.54 Å². The lowest BCUT2D eigenvalue weighted by atomic mass is 10.0. The fourth-order valence-corrected chi connectivity index (χ4v) is 1.62. The van der Waals surface area contributed by atoms with Gasteiger partial charge in [-0.15, -0.1) is 0 Å². The van der Waals surface area contributed by atoms with Crippen molar-refractivity contribution >= 4 is 17.0 Å². The second kappa shape index (κ2) is 2.99. The van der Waals surface area contributed by atoms with E-state index in [2.05, 4.69) is 5.32 Å². The smallest absolute Gasteiger partial charge is 0.316 e. The highest BCUT2D eigenvalue weighted by Crippen LogP contribution is 2.17. The molecule has 11 heavy (non-hydrogen) atoms. The lowest BCUT2D eigenvalue weighted by Crippen LogP contribution is -2.58. The van der Waals surface area contributed by atoms with Gasteiger partial charge in [0.2, 0.25) is 0 Å². The minimum atomic E-state index is -0.350. The molecule has 0 bridgehead atoms. The van der Waals surface area contributed by atoms with Gasteiger partial charge < -0.3 is 10.2 Å². The van der Waals surface area contributed by atoms with Gasteiger partial charge in [-0.05, 0) is 25.4 Å². The molecule has 0 aromatic rings. The van der Waals surface area contributed by atoms with Crippen LogP contribution in [0.15, 0.2) is 0 Å². The molecule has 0 spiro atoms. The first kappa shape index (κ1) is 8.81. The van der Waals surface area contributed by atoms with Gasteiger partial charge in [-0.25, -0.2) is 0 Å². The van der Waals surface area contributed by atoms with Crippen molar-refractivity contribution in [1.29, 1.82) is 0 Å². The molecule has 64 valence electrons. The van der Waals surface area contributed by atoms with E-state index in [1.54, 1.807) is 4.90 Å². The highest BCUT2D eigenvalue weighted by Gasteiger charge is 2.31. The Morgan fingerprint density at radius 1 is 1.64 bits per heavy atom. The normalized spacial score (nSPS) is 23.4. The van der Waals surface area contributed by atoms with Crippen molar-refractivity contribution in [2.75, 3.05) is 19.6 Å². The SMILES string of the molecule is CC1(C)CNCCN1C(=O)Cl. The lowest BCUT2D eigenvalue weighted by molar-refractivity contribution is 0.130. The molecule has 1 heterocycles. The molecule has 3 nitrogen and oxygen atoms in total. The first-order chi connectivity index (χ1) is 5.04. The summed E-state index contributed by atoms with van der Waals surface area (Å²) in [4.78, 5) is 12.6. The Hall–Kier alpha value is -0.280. The molecule has 0 aliphatic carbocycles. The zero-order valence-electron chi connectivity index (χ0n) is 6.85. The van der Waals surface area contributed by atoms with Crippen molar-refractivity contribution in [3.8, 4) is 0 Å². The number of hydrogen-bond donors (Lipinski definition) is 1. The Labute approximate surface area is 71.7 Å². The maximum absolute atomic E-state index is 10.9. The molecule has 1 amide bonds. The fourth-order valence-electron chi connectivity index (χ4n) is 1.31. The van der Waals surface area contributed by atoms with E-state index in [1.165, 1.54) is 0 Å². The van der Waals surface area contributed by atoms with Crippen LogP contribution in [0.25, 0.3) is 0 Å². The second-order valence-corrected chi connectivity index (χ2v) is 3.72. The number of amides is 1. The van der Waals surface area contributed by atoms with E-state index in [4.69, 9.17) is 11.6 Å². The number of carbonyl (C=O) groups excluding carboxylic acids is 1. The highest BCUT2D eigenvalue weighted by molar-refractivity contribution is 6.62. The van der Waals surface area contributed by atoms with E-state index >= 15 is 0 Å². The van der Waals surface area contributed by atoms with Crippen LogP contribution in [0.4, 0.5) is 4.79 Å². The van der Waals surface area contributed by atoms with Crippen LogP contribution in [-0.4, -0.2) is 35.4 Å². The molecule has 1 rings (SSSR count). The van der Waals surface area contributed by atoms with Gasteiger partial charge >= 0.3 is 5.37 Å². The minimum absolute atomic E-state index is 0.142. The van der Waals surface area contributed by atoms with E-state index in [0.29, 0.717) is 6.54 Å². The number of nitrogens with one attached hydrogen (secondary N) is 1. The summed E-state index contributed by atoms with van der Waals surface area (Å²) in [7, 11) is 0. The Bertz CT molecular complexity index is 170. The molecule has 1 fully saturated rings. The monoisotopic (exact) mass is 176 g/mol. The van der Waals surface area contributed by atoms with Crippen molar-refractivity contribution in [2.45, 2.75) is 19.4 Å². The van der Waals surface area contributed by atoms with Crippen molar-refractivity contribution in [3.63, 3.8) is 0 Å². The van der Waals surface area contributed by atoms with E-state index in [9.17, 15) is 4.79 Å². The van der Waals surface area contributed by atoms with Gasteiger partial charge in [0, 0.05) is 19.6 Å². The molecular weight excluding hydrogens is 164 g/mol. The molecule has 1 aliphatic rings. The third kappa shape index (κ3) is 1.84. The number of piperazine rings is 1. The van der Waals surface area contributed by atoms with Crippen molar-refractivity contribution in [3.05, 3.63) is 0 Å². The van der Waals surface area contributed by atoms with Crippen molar-refractivity contribution < 1.29 is 4.79 Å². The van der Waals surface area contributed by atoms with Gasteiger partial charge in [0.15, 0.2) is 0 Å². The molecule has 1 N–H and O–H groups in total. The average Bonchev–Trinajstić information content (AvgIpc) is 1.85. The molecule has 1 saturated heterocycles. The van der Waals surface area contributed by atoms with Crippen LogP contribution in [0, 0.1) is 0 Å². The van der Waals surface area contributed by atoms with Crippen LogP contribution < -0.4 is 5.32 Å². The summed E-state index contributed by atoms with van der Waals surface area (Å²) >= 11 is 5.40. The summed E-state index contributed by atoms with van der Waals surface area (Å²) in [6.07, 6.45) is 0. The fraction of sp³-hybridized carbons (Fsp3) is 0.857. The maximum Gasteiger partial charge on any atom is 0.316 e. The van der Waals surface area contributed by atoms with Gasteiger partial charge in [0.1, 0.15) is 0 Å². The largest absolute Gasteiger partial charge is 0.322 e. The van der Waals surface area contributed by atoms with Crippen LogP contribution >= 0.6 is 11.6 Å². The van der Waals surface area contributed by atoms with Crippen molar-refractivity contribution in [1.82, 2.24) is 10.2 Å². The first-order valence-corrected chi connectivity index (χ1v) is 4.10. The second-order valence-electron chi connectivity index (χ2n) is 3.39. The maximum atomic E-state index is 10.9. The quantitative estimate of drug-likeness (QED) is 0.442. The predicted molar refractivity (Wildman–Crippen MR) is 44.9 cm³/mol. The molecule has 4 heteroatoms. The molecular formula is C7H13ClN2O. The number of carbonyl (C=O) groups is 1. The third-order valence-electron chi connectivity index (χ3n) is 2.01. The molecule has 0 aromatic heterocycles. The summed E-state index contributed by atoms with van der Waals surface area (Å²) in [6, 6.07) is 0. The molecule has 1 aliphatic heterocycles. The lowest BCUT2D eigenvalue weighted by Gasteiger charge is -2.41. The molecule has 0 saturated carbocycles. The summed E-state index contributed by atoms with van der Waals surface area (Å²) in [6.45, 7) is 6.35. The predicted octanol–water partition coefficient (Wildman–Crippen LogP) is 1.03. The molecule has 0 aromatic carbocycles. The zero-order valence-corrected chi connectivity index (χ0v) is 7.61. The summed E-state index contributed by atoms with van der Waals surface area (Å²) in [5.41, 5.74) is -0.142. The number of nitrogens with zero attached hydrogens (tertiary/aromatic N) is 1. The van der Waals surface area contributed by atoms with E-state index < -0.39 is 0 Å². The van der Waals surface area contributed by atoms with Gasteiger partial charge in [0.25, 0.3) is 0 Å². The summed E-state index contributed by atoms with van der Waals surface area (Å²) in [5, 5.41) is 2.86. The van der Waals surface area contributed by atoms with Crippen LogP contribution in [0.2, 0.25) is 0 Å². The molecule has 0 unspecified atom stereocenters. The van der Waals surface area contributed by atoms with Crippen LogP contribution in [0.1, 0.15) is 13.8 Å². The standard InChI is InChI=1S/C7H13ClN2O/c1-7(2)5-9-3-4-10(7)6(8)11/h9H,3-5H2,1-2H3. The van der Waals surface area contributed by atoms with Crippen LogP contribution in [0.3, 0.4) is 0 Å². The van der Waals surface area contributed by atoms with E-state index in [0.717, 1.165) is 13.1 Å². The number of rotatable bonds is 0. The summed E-state index contributed by atoms with van der Waals surface area (Å²) < 4.78 is 0. The summed E-state index contributed by atoms with van der Waals surface area (Å²) in [5.74, 6) is 0. The minimum Gasteiger partial charge on any atom is -0.322 e. The van der Waals surface area contributed by atoms with Gasteiger partial charge in [-0.2, -0.15) is 0 Å². The number of halogens is 1. The van der Waals surface area contributed by atoms with Crippen LogP contribution in [0.5, 0.6) is 0 Å². The third-order valence-corrected chi connectivity index (χ3v) is 2.22. The Balaban J connectivity index is 2.67. The highest BCUT2D eigenvalue weighted by atomic mass is 35.5. The zero-order chi connectivity index (χ0) is 8.48. The first-order valence-electron chi connectivity index (χ1n) is 3.72. The average molecular weight is 177 g/mol. The Morgan fingerprint density at radius 3 is 2.64 bits per heavy atom. The van der Waals surface area contributed by atoms with Gasteiger partial charge in [-0.3, -0.25) is 4.79 Å². The Kier molecular flexibility index (Phi) is 2.40. The van der Waals surface area contributed by atoms with E-state index in [-0.39, 0.29) is 10.9 Å². The van der Waals surface area contributed by atoms with E-state index in [1.807, 2.05) is 13.8 Å². The molecule has 0 atom stereocenters.